The zero-order valence-corrected chi connectivity index (χ0v) is 16.4. The number of hydrogen-bond donors (Lipinski definition) is 1. The van der Waals surface area contributed by atoms with Crippen molar-refractivity contribution in [1.82, 2.24) is 15.1 Å². The number of carbonyl (C=O) groups excluding carboxylic acids is 1. The standard InChI is InChI=1S/C21H32N4O/c1-21(2)11-14-25(16-21)20(22-3)23-12-6-9-19(26)24-13-10-17-7-4-5-8-18(17)15-24/h4-5,7-8H,6,9-16H2,1-3H3,(H,22,23). The average Bonchev–Trinajstić information content (AvgIpc) is 3.00. The molecule has 3 rings (SSSR count). The van der Waals surface area contributed by atoms with Gasteiger partial charge in [0, 0.05) is 46.2 Å². The number of guanidine groups is 1. The predicted octanol–water partition coefficient (Wildman–Crippen LogP) is 2.66. The monoisotopic (exact) mass is 356 g/mol. The number of amides is 1. The Morgan fingerprint density at radius 3 is 2.65 bits per heavy atom. The van der Waals surface area contributed by atoms with Crippen LogP contribution in [0.4, 0.5) is 0 Å². The molecule has 142 valence electrons. The first-order valence-corrected chi connectivity index (χ1v) is 9.79. The molecule has 1 fully saturated rings. The largest absolute Gasteiger partial charge is 0.356 e. The molecule has 2 heterocycles. The van der Waals surface area contributed by atoms with Crippen molar-refractivity contribution in [3.05, 3.63) is 35.4 Å². The zero-order chi connectivity index (χ0) is 18.6. The molecule has 2 aliphatic rings. The Balaban J connectivity index is 1.40. The van der Waals surface area contributed by atoms with Crippen LogP contribution in [0.15, 0.2) is 29.3 Å². The van der Waals surface area contributed by atoms with Crippen LogP contribution in [0.25, 0.3) is 0 Å². The van der Waals surface area contributed by atoms with Gasteiger partial charge in [-0.15, -0.1) is 0 Å². The van der Waals surface area contributed by atoms with E-state index >= 15 is 0 Å². The number of hydrogen-bond acceptors (Lipinski definition) is 2. The Labute approximate surface area is 157 Å². The molecule has 1 aromatic rings. The molecule has 5 nitrogen and oxygen atoms in total. The van der Waals surface area contributed by atoms with Crippen LogP contribution in [0.1, 0.15) is 44.2 Å². The molecule has 0 atom stereocenters. The second-order valence-corrected chi connectivity index (χ2v) is 8.25. The van der Waals surface area contributed by atoms with E-state index in [1.807, 2.05) is 11.9 Å². The minimum Gasteiger partial charge on any atom is -0.356 e. The highest BCUT2D eigenvalue weighted by Crippen LogP contribution is 2.28. The van der Waals surface area contributed by atoms with E-state index in [0.717, 1.165) is 51.5 Å². The summed E-state index contributed by atoms with van der Waals surface area (Å²) in [7, 11) is 1.84. The molecular weight excluding hydrogens is 324 g/mol. The SMILES string of the molecule is CN=C(NCCCC(=O)N1CCc2ccccc2C1)N1CCC(C)(C)C1. The van der Waals surface area contributed by atoms with Crippen LogP contribution >= 0.6 is 0 Å². The van der Waals surface area contributed by atoms with Gasteiger partial charge in [0.15, 0.2) is 5.96 Å². The van der Waals surface area contributed by atoms with Crippen molar-refractivity contribution in [3.8, 4) is 0 Å². The molecule has 26 heavy (non-hydrogen) atoms. The Morgan fingerprint density at radius 2 is 1.96 bits per heavy atom. The van der Waals surface area contributed by atoms with Gasteiger partial charge >= 0.3 is 0 Å². The van der Waals surface area contributed by atoms with E-state index < -0.39 is 0 Å². The van der Waals surface area contributed by atoms with Crippen LogP contribution in [0.3, 0.4) is 0 Å². The fraction of sp³-hybridized carbons (Fsp3) is 0.619. The van der Waals surface area contributed by atoms with Crippen molar-refractivity contribution in [2.45, 2.75) is 46.1 Å². The summed E-state index contributed by atoms with van der Waals surface area (Å²) >= 11 is 0. The van der Waals surface area contributed by atoms with Crippen LogP contribution in [0, 0.1) is 5.41 Å². The normalized spacial score (nSPS) is 19.4. The van der Waals surface area contributed by atoms with E-state index in [9.17, 15) is 4.79 Å². The quantitative estimate of drug-likeness (QED) is 0.513. The molecule has 1 aromatic carbocycles. The summed E-state index contributed by atoms with van der Waals surface area (Å²) in [6.45, 7) is 9.09. The third kappa shape index (κ3) is 4.57. The minimum absolute atomic E-state index is 0.263. The van der Waals surface area contributed by atoms with E-state index in [1.165, 1.54) is 17.5 Å². The third-order valence-corrected chi connectivity index (χ3v) is 5.52. The second-order valence-electron chi connectivity index (χ2n) is 8.25. The highest BCUT2D eigenvalue weighted by Gasteiger charge is 2.30. The molecule has 0 unspecified atom stereocenters. The lowest BCUT2D eigenvalue weighted by molar-refractivity contribution is -0.132. The first kappa shape index (κ1) is 18.7. The van der Waals surface area contributed by atoms with Crippen LogP contribution in [0.2, 0.25) is 0 Å². The van der Waals surface area contributed by atoms with Gasteiger partial charge < -0.3 is 15.1 Å². The fourth-order valence-electron chi connectivity index (χ4n) is 3.93. The van der Waals surface area contributed by atoms with Gasteiger partial charge in [-0.2, -0.15) is 0 Å². The van der Waals surface area contributed by atoms with Gasteiger partial charge in [-0.1, -0.05) is 38.1 Å². The molecule has 1 N–H and O–H groups in total. The first-order chi connectivity index (χ1) is 12.5. The number of aliphatic imine (C=N–C) groups is 1. The minimum atomic E-state index is 0.263. The van der Waals surface area contributed by atoms with Gasteiger partial charge in [-0.3, -0.25) is 9.79 Å². The highest BCUT2D eigenvalue weighted by atomic mass is 16.2. The predicted molar refractivity (Wildman–Crippen MR) is 106 cm³/mol. The Kier molecular flexibility index (Phi) is 5.84. The summed E-state index contributed by atoms with van der Waals surface area (Å²) in [6, 6.07) is 8.45. The van der Waals surface area contributed by atoms with Crippen LogP contribution in [0.5, 0.6) is 0 Å². The molecule has 0 saturated carbocycles. The van der Waals surface area contributed by atoms with Crippen molar-refractivity contribution in [2.75, 3.05) is 33.2 Å². The van der Waals surface area contributed by atoms with Crippen LogP contribution < -0.4 is 5.32 Å². The summed E-state index contributed by atoms with van der Waals surface area (Å²) in [5.41, 5.74) is 3.04. The lowest BCUT2D eigenvalue weighted by atomic mass is 9.93. The van der Waals surface area contributed by atoms with Crippen molar-refractivity contribution in [1.29, 1.82) is 0 Å². The van der Waals surface area contributed by atoms with E-state index in [4.69, 9.17) is 0 Å². The van der Waals surface area contributed by atoms with Gasteiger partial charge in [0.1, 0.15) is 0 Å². The van der Waals surface area contributed by atoms with E-state index in [1.54, 1.807) is 0 Å². The third-order valence-electron chi connectivity index (χ3n) is 5.52. The number of benzene rings is 1. The fourth-order valence-corrected chi connectivity index (χ4v) is 3.93. The zero-order valence-electron chi connectivity index (χ0n) is 16.4. The number of nitrogens with one attached hydrogen (secondary N) is 1. The van der Waals surface area contributed by atoms with E-state index in [-0.39, 0.29) is 5.91 Å². The lowest BCUT2D eigenvalue weighted by Crippen LogP contribution is -2.41. The van der Waals surface area contributed by atoms with E-state index in [0.29, 0.717) is 11.8 Å². The van der Waals surface area contributed by atoms with Crippen LogP contribution in [-0.2, 0) is 17.8 Å². The van der Waals surface area contributed by atoms with E-state index in [2.05, 4.69) is 53.3 Å². The summed E-state index contributed by atoms with van der Waals surface area (Å²) in [5.74, 6) is 1.23. The first-order valence-electron chi connectivity index (χ1n) is 9.79. The topological polar surface area (TPSA) is 47.9 Å². The molecule has 5 heteroatoms. The maximum absolute atomic E-state index is 12.5. The second kappa shape index (κ2) is 8.11. The molecule has 0 spiro atoms. The molecule has 2 aliphatic heterocycles. The number of carbonyl (C=O) groups is 1. The summed E-state index contributed by atoms with van der Waals surface area (Å²) in [4.78, 5) is 21.2. The molecule has 0 aliphatic carbocycles. The summed E-state index contributed by atoms with van der Waals surface area (Å²) < 4.78 is 0. The Hall–Kier alpha value is -2.04. The summed E-state index contributed by atoms with van der Waals surface area (Å²) in [6.07, 6.45) is 3.60. The van der Waals surface area contributed by atoms with Crippen molar-refractivity contribution < 1.29 is 4.79 Å². The van der Waals surface area contributed by atoms with Gasteiger partial charge in [-0.25, -0.2) is 0 Å². The molecule has 0 aromatic heterocycles. The molecule has 1 amide bonds. The average molecular weight is 357 g/mol. The van der Waals surface area contributed by atoms with Crippen molar-refractivity contribution >= 4 is 11.9 Å². The van der Waals surface area contributed by atoms with Crippen molar-refractivity contribution in [3.63, 3.8) is 0 Å². The number of nitrogens with zero attached hydrogens (tertiary/aromatic N) is 3. The maximum atomic E-state index is 12.5. The van der Waals surface area contributed by atoms with Gasteiger partial charge in [0.2, 0.25) is 5.91 Å². The lowest BCUT2D eigenvalue weighted by Gasteiger charge is -2.29. The molecular formula is C21H32N4O. The molecule has 0 bridgehead atoms. The van der Waals surface area contributed by atoms with Gasteiger partial charge in [0.05, 0.1) is 0 Å². The maximum Gasteiger partial charge on any atom is 0.222 e. The number of fused-ring (bicyclic) bond motifs is 1. The highest BCUT2D eigenvalue weighted by molar-refractivity contribution is 5.80. The number of likely N-dealkylation sites (tertiary alicyclic amines) is 1. The Bertz CT molecular complexity index is 668. The number of rotatable bonds is 4. The molecule has 0 radical (unpaired) electrons. The smallest absolute Gasteiger partial charge is 0.222 e. The Morgan fingerprint density at radius 1 is 1.19 bits per heavy atom. The summed E-state index contributed by atoms with van der Waals surface area (Å²) in [5, 5.41) is 3.43. The van der Waals surface area contributed by atoms with Gasteiger partial charge in [0.25, 0.3) is 0 Å². The van der Waals surface area contributed by atoms with Crippen molar-refractivity contribution in [2.24, 2.45) is 10.4 Å². The van der Waals surface area contributed by atoms with Crippen LogP contribution in [-0.4, -0.2) is 54.9 Å². The molecule has 1 saturated heterocycles. The van der Waals surface area contributed by atoms with Gasteiger partial charge in [-0.05, 0) is 35.8 Å².